The summed E-state index contributed by atoms with van der Waals surface area (Å²) in [6.07, 6.45) is 0.125. The van der Waals surface area contributed by atoms with E-state index in [-0.39, 0.29) is 12.5 Å². The number of nitrogens with zero attached hydrogens (tertiary/aromatic N) is 1. The molecule has 0 aliphatic carbocycles. The minimum Gasteiger partial charge on any atom is -0.491 e. The van der Waals surface area contributed by atoms with E-state index in [0.717, 1.165) is 0 Å². The number of halogens is 2. The first-order chi connectivity index (χ1) is 9.40. The highest BCUT2D eigenvalue weighted by atomic mass is 35.5. The van der Waals surface area contributed by atoms with Crippen molar-refractivity contribution in [1.82, 2.24) is 4.90 Å². The molecule has 1 rings (SSSR count). The third-order valence-electron chi connectivity index (χ3n) is 2.87. The fraction of sp³-hybridized carbons (Fsp3) is 0.500. The molecule has 0 fully saturated rings. The Morgan fingerprint density at radius 1 is 1.35 bits per heavy atom. The van der Waals surface area contributed by atoms with Crippen LogP contribution in [0.3, 0.4) is 0 Å². The van der Waals surface area contributed by atoms with Gasteiger partial charge in [0.05, 0.1) is 11.4 Å². The smallest absolute Gasteiger partial charge is 0.304 e. The Morgan fingerprint density at radius 2 is 2.05 bits per heavy atom. The van der Waals surface area contributed by atoms with Gasteiger partial charge in [0, 0.05) is 24.2 Å². The number of carboxylic acid groups (broad SMARTS) is 1. The lowest BCUT2D eigenvalue weighted by Gasteiger charge is -2.25. The molecule has 0 aliphatic rings. The molecule has 1 aromatic carbocycles. The molecule has 0 radical (unpaired) electrons. The van der Waals surface area contributed by atoms with Crippen LogP contribution in [0.25, 0.3) is 0 Å². The normalized spacial score (nSPS) is 11.1. The van der Waals surface area contributed by atoms with Crippen LogP contribution in [0, 0.1) is 0 Å². The lowest BCUT2D eigenvalue weighted by molar-refractivity contribution is -0.137. The van der Waals surface area contributed by atoms with Crippen LogP contribution in [0.1, 0.15) is 20.3 Å². The van der Waals surface area contributed by atoms with Crippen molar-refractivity contribution < 1.29 is 14.6 Å². The second-order valence-corrected chi connectivity index (χ2v) is 5.54. The minimum atomic E-state index is -0.794. The number of hydrogen-bond acceptors (Lipinski definition) is 3. The first-order valence-corrected chi connectivity index (χ1v) is 7.19. The van der Waals surface area contributed by atoms with Gasteiger partial charge in [-0.25, -0.2) is 0 Å². The van der Waals surface area contributed by atoms with Gasteiger partial charge in [0.15, 0.2) is 0 Å². The van der Waals surface area contributed by atoms with E-state index in [0.29, 0.717) is 35.5 Å². The molecular formula is C14H19Cl2NO3. The Bertz CT molecular complexity index is 452. The van der Waals surface area contributed by atoms with E-state index in [2.05, 4.69) is 4.90 Å². The van der Waals surface area contributed by atoms with Gasteiger partial charge in [0.1, 0.15) is 12.4 Å². The molecule has 0 atom stereocenters. The van der Waals surface area contributed by atoms with Gasteiger partial charge in [-0.05, 0) is 32.0 Å². The zero-order valence-corrected chi connectivity index (χ0v) is 13.1. The number of aliphatic carboxylic acids is 1. The van der Waals surface area contributed by atoms with E-state index >= 15 is 0 Å². The second-order valence-electron chi connectivity index (χ2n) is 4.70. The Hall–Kier alpha value is -0.970. The van der Waals surface area contributed by atoms with E-state index in [1.54, 1.807) is 18.2 Å². The van der Waals surface area contributed by atoms with E-state index in [4.69, 9.17) is 33.0 Å². The topological polar surface area (TPSA) is 49.8 Å². The fourth-order valence-corrected chi connectivity index (χ4v) is 2.20. The molecule has 0 spiro atoms. The van der Waals surface area contributed by atoms with Crippen LogP contribution in [0.2, 0.25) is 10.0 Å². The molecule has 0 unspecified atom stereocenters. The molecule has 112 valence electrons. The van der Waals surface area contributed by atoms with Crippen LogP contribution >= 0.6 is 23.2 Å². The summed E-state index contributed by atoms with van der Waals surface area (Å²) >= 11 is 11.8. The van der Waals surface area contributed by atoms with Crippen molar-refractivity contribution in [1.29, 1.82) is 0 Å². The summed E-state index contributed by atoms with van der Waals surface area (Å²) < 4.78 is 5.60. The highest BCUT2D eigenvalue weighted by Gasteiger charge is 2.11. The summed E-state index contributed by atoms with van der Waals surface area (Å²) in [7, 11) is 0. The molecule has 0 aromatic heterocycles. The third-order valence-corrected chi connectivity index (χ3v) is 3.40. The van der Waals surface area contributed by atoms with Crippen LogP contribution in [-0.4, -0.2) is 41.7 Å². The molecule has 4 nitrogen and oxygen atoms in total. The summed E-state index contributed by atoms with van der Waals surface area (Å²) in [6, 6.07) is 5.33. The lowest BCUT2D eigenvalue weighted by Crippen LogP contribution is -2.36. The zero-order chi connectivity index (χ0) is 15.1. The van der Waals surface area contributed by atoms with Crippen LogP contribution in [-0.2, 0) is 4.79 Å². The van der Waals surface area contributed by atoms with Crippen molar-refractivity contribution in [2.24, 2.45) is 0 Å². The molecule has 0 saturated heterocycles. The molecule has 0 amide bonds. The number of carboxylic acids is 1. The van der Waals surface area contributed by atoms with E-state index in [9.17, 15) is 4.79 Å². The van der Waals surface area contributed by atoms with Gasteiger partial charge in [-0.1, -0.05) is 23.2 Å². The molecule has 0 saturated carbocycles. The van der Waals surface area contributed by atoms with Gasteiger partial charge in [0.25, 0.3) is 0 Å². The lowest BCUT2D eigenvalue weighted by atomic mass is 10.3. The van der Waals surface area contributed by atoms with Gasteiger partial charge >= 0.3 is 5.97 Å². The first kappa shape index (κ1) is 17.1. The van der Waals surface area contributed by atoms with Crippen molar-refractivity contribution in [3.8, 4) is 5.75 Å². The highest BCUT2D eigenvalue weighted by Crippen LogP contribution is 2.27. The highest BCUT2D eigenvalue weighted by molar-refractivity contribution is 6.35. The maximum Gasteiger partial charge on any atom is 0.304 e. The predicted octanol–water partition coefficient (Wildman–Crippen LogP) is 3.56. The van der Waals surface area contributed by atoms with Gasteiger partial charge < -0.3 is 9.84 Å². The number of rotatable bonds is 8. The molecule has 6 heteroatoms. The summed E-state index contributed by atoms with van der Waals surface area (Å²) in [5.74, 6) is -0.213. The summed E-state index contributed by atoms with van der Waals surface area (Å²) in [6.45, 7) is 5.64. The SMILES string of the molecule is CC(C)N(CCOc1ccc(Cl)cc1Cl)CCC(=O)O. The van der Waals surface area contributed by atoms with Crippen molar-refractivity contribution in [3.63, 3.8) is 0 Å². The molecule has 0 bridgehead atoms. The van der Waals surface area contributed by atoms with Crippen molar-refractivity contribution >= 4 is 29.2 Å². The monoisotopic (exact) mass is 319 g/mol. The maximum absolute atomic E-state index is 10.6. The van der Waals surface area contributed by atoms with E-state index in [1.807, 2.05) is 13.8 Å². The van der Waals surface area contributed by atoms with Crippen molar-refractivity contribution in [2.45, 2.75) is 26.3 Å². The minimum absolute atomic E-state index is 0.125. The fourth-order valence-electron chi connectivity index (χ4n) is 1.73. The van der Waals surface area contributed by atoms with Crippen molar-refractivity contribution in [3.05, 3.63) is 28.2 Å². The standard InChI is InChI=1S/C14H19Cl2NO3/c1-10(2)17(6-5-14(18)19)7-8-20-13-4-3-11(15)9-12(13)16/h3-4,9-10H,5-8H2,1-2H3,(H,18,19). The van der Waals surface area contributed by atoms with Gasteiger partial charge in [0.2, 0.25) is 0 Å². The summed E-state index contributed by atoms with van der Waals surface area (Å²) in [5.41, 5.74) is 0. The molecule has 1 N–H and O–H groups in total. The number of carbonyl (C=O) groups is 1. The van der Waals surface area contributed by atoms with Gasteiger partial charge in [-0.3, -0.25) is 9.69 Å². The van der Waals surface area contributed by atoms with E-state index in [1.165, 1.54) is 0 Å². The molecule has 1 aromatic rings. The average molecular weight is 320 g/mol. The zero-order valence-electron chi connectivity index (χ0n) is 11.6. The Labute approximate surface area is 129 Å². The molecule has 20 heavy (non-hydrogen) atoms. The third kappa shape index (κ3) is 5.99. The molecule has 0 heterocycles. The van der Waals surface area contributed by atoms with Crippen molar-refractivity contribution in [2.75, 3.05) is 19.7 Å². The second kappa shape index (κ2) is 8.35. The summed E-state index contributed by atoms with van der Waals surface area (Å²) in [4.78, 5) is 12.7. The van der Waals surface area contributed by atoms with E-state index < -0.39 is 5.97 Å². The maximum atomic E-state index is 10.6. The molecular weight excluding hydrogens is 301 g/mol. The Balaban J connectivity index is 2.45. The van der Waals surface area contributed by atoms with Crippen LogP contribution in [0.5, 0.6) is 5.75 Å². The predicted molar refractivity (Wildman–Crippen MR) is 80.9 cm³/mol. The Morgan fingerprint density at radius 3 is 2.60 bits per heavy atom. The van der Waals surface area contributed by atoms with Crippen LogP contribution < -0.4 is 4.74 Å². The average Bonchev–Trinajstić information content (AvgIpc) is 2.35. The number of hydrogen-bond donors (Lipinski definition) is 1. The largest absolute Gasteiger partial charge is 0.491 e. The Kier molecular flexibility index (Phi) is 7.13. The summed E-state index contributed by atoms with van der Waals surface area (Å²) in [5, 5.41) is 9.76. The number of ether oxygens (including phenoxy) is 1. The molecule has 0 aliphatic heterocycles. The first-order valence-electron chi connectivity index (χ1n) is 6.44. The van der Waals surface area contributed by atoms with Gasteiger partial charge in [-0.2, -0.15) is 0 Å². The quantitative estimate of drug-likeness (QED) is 0.796. The van der Waals surface area contributed by atoms with Crippen LogP contribution in [0.4, 0.5) is 0 Å². The van der Waals surface area contributed by atoms with Gasteiger partial charge in [-0.15, -0.1) is 0 Å². The number of benzene rings is 1. The van der Waals surface area contributed by atoms with Crippen LogP contribution in [0.15, 0.2) is 18.2 Å².